The van der Waals surface area contributed by atoms with Gasteiger partial charge in [0.2, 0.25) is 5.91 Å². The van der Waals surface area contributed by atoms with Crippen molar-refractivity contribution in [1.29, 1.82) is 0 Å². The predicted octanol–water partition coefficient (Wildman–Crippen LogP) is 1.28. The van der Waals surface area contributed by atoms with E-state index in [0.717, 1.165) is 51.4 Å². The fourth-order valence-electron chi connectivity index (χ4n) is 3.09. The van der Waals surface area contributed by atoms with Gasteiger partial charge in [-0.15, -0.1) is 0 Å². The first-order valence-corrected chi connectivity index (χ1v) is 10.2. The van der Waals surface area contributed by atoms with Crippen LogP contribution in [0.15, 0.2) is 12.7 Å². The molecular weight excluding hydrogens is 337 g/mol. The van der Waals surface area contributed by atoms with Crippen LogP contribution in [-0.2, 0) is 9.59 Å². The molecule has 0 bridgehead atoms. The SMILES string of the molecule is C=CC(=O)NC(CCCCCCCC)CCCCCCCCC(=O)[O-].[Na+]. The normalized spacial score (nSPS) is 11.4. The number of amides is 1. The van der Waals surface area contributed by atoms with E-state index in [2.05, 4.69) is 18.8 Å². The van der Waals surface area contributed by atoms with Crippen LogP contribution in [-0.4, -0.2) is 17.9 Å². The molecule has 146 valence electrons. The van der Waals surface area contributed by atoms with Gasteiger partial charge in [0.1, 0.15) is 0 Å². The minimum atomic E-state index is -0.949. The third-order valence-corrected chi connectivity index (χ3v) is 4.62. The molecule has 1 atom stereocenters. The van der Waals surface area contributed by atoms with E-state index in [4.69, 9.17) is 0 Å². The molecule has 1 unspecified atom stereocenters. The van der Waals surface area contributed by atoms with E-state index in [9.17, 15) is 14.7 Å². The summed E-state index contributed by atoms with van der Waals surface area (Å²) in [7, 11) is 0. The van der Waals surface area contributed by atoms with Crippen molar-refractivity contribution in [2.24, 2.45) is 0 Å². The van der Waals surface area contributed by atoms with Gasteiger partial charge in [-0.1, -0.05) is 84.1 Å². The van der Waals surface area contributed by atoms with Crippen LogP contribution in [0.3, 0.4) is 0 Å². The Hall–Kier alpha value is -0.320. The molecule has 4 nitrogen and oxygen atoms in total. The number of carbonyl (C=O) groups is 2. The Morgan fingerprint density at radius 2 is 1.35 bits per heavy atom. The maximum Gasteiger partial charge on any atom is 1.00 e. The minimum Gasteiger partial charge on any atom is -0.550 e. The summed E-state index contributed by atoms with van der Waals surface area (Å²) < 4.78 is 0. The van der Waals surface area contributed by atoms with Crippen LogP contribution in [0.5, 0.6) is 0 Å². The number of unbranched alkanes of at least 4 members (excludes halogenated alkanes) is 10. The largest absolute Gasteiger partial charge is 1.00 e. The van der Waals surface area contributed by atoms with Crippen molar-refractivity contribution in [2.75, 3.05) is 0 Å². The zero-order valence-electron chi connectivity index (χ0n) is 17.2. The van der Waals surface area contributed by atoms with Gasteiger partial charge in [0.05, 0.1) is 0 Å². The summed E-state index contributed by atoms with van der Waals surface area (Å²) in [6.07, 6.45) is 17.4. The number of hydrogen-bond acceptors (Lipinski definition) is 3. The van der Waals surface area contributed by atoms with Crippen LogP contribution in [0.1, 0.15) is 103 Å². The zero-order chi connectivity index (χ0) is 18.8. The molecule has 0 aliphatic heterocycles. The van der Waals surface area contributed by atoms with Gasteiger partial charge in [0, 0.05) is 12.0 Å². The Morgan fingerprint density at radius 3 is 1.81 bits per heavy atom. The number of carboxylic acid groups (broad SMARTS) is 1. The maximum absolute atomic E-state index is 11.6. The summed E-state index contributed by atoms with van der Waals surface area (Å²) in [6.45, 7) is 5.76. The molecule has 0 fully saturated rings. The monoisotopic (exact) mass is 375 g/mol. The molecule has 0 aliphatic carbocycles. The molecule has 5 heteroatoms. The third kappa shape index (κ3) is 20.0. The van der Waals surface area contributed by atoms with Crippen molar-refractivity contribution in [2.45, 2.75) is 109 Å². The quantitative estimate of drug-likeness (QED) is 0.223. The Kier molecular flexibility index (Phi) is 22.5. The van der Waals surface area contributed by atoms with Gasteiger partial charge in [0.25, 0.3) is 0 Å². The standard InChI is InChI=1S/C21H39NO3.Na/c1-3-5-6-7-10-13-16-19(22-20(23)4-2)17-14-11-8-9-12-15-18-21(24)25;/h4,19H,2-3,5-18H2,1H3,(H,22,23)(H,24,25);/q;+1/p-1. The van der Waals surface area contributed by atoms with Crippen molar-refractivity contribution in [1.82, 2.24) is 5.32 Å². The fourth-order valence-corrected chi connectivity index (χ4v) is 3.09. The average molecular weight is 376 g/mol. The van der Waals surface area contributed by atoms with Crippen LogP contribution in [0.2, 0.25) is 0 Å². The van der Waals surface area contributed by atoms with Gasteiger partial charge >= 0.3 is 29.6 Å². The number of carboxylic acids is 1. The second-order valence-corrected chi connectivity index (χ2v) is 7.00. The van der Waals surface area contributed by atoms with Gasteiger partial charge in [-0.2, -0.15) is 0 Å². The molecule has 1 N–H and O–H groups in total. The molecule has 0 aromatic carbocycles. The van der Waals surface area contributed by atoms with Crippen molar-refractivity contribution < 1.29 is 44.3 Å². The Labute approximate surface area is 182 Å². The maximum atomic E-state index is 11.6. The minimum absolute atomic E-state index is 0. The van der Waals surface area contributed by atoms with E-state index in [1.54, 1.807) is 0 Å². The zero-order valence-corrected chi connectivity index (χ0v) is 19.2. The molecule has 0 heterocycles. The molecule has 0 saturated heterocycles. The number of carbonyl (C=O) groups excluding carboxylic acids is 2. The van der Waals surface area contributed by atoms with Crippen LogP contribution >= 0.6 is 0 Å². The van der Waals surface area contributed by atoms with Gasteiger partial charge < -0.3 is 15.2 Å². The second kappa shape index (κ2) is 21.0. The van der Waals surface area contributed by atoms with Crippen molar-refractivity contribution in [3.05, 3.63) is 12.7 Å². The number of aliphatic carboxylic acids is 1. The molecule has 1 amide bonds. The molecule has 0 radical (unpaired) electrons. The van der Waals surface area contributed by atoms with Gasteiger partial charge in [-0.05, 0) is 31.8 Å². The molecule has 0 aromatic rings. The summed E-state index contributed by atoms with van der Waals surface area (Å²) in [5, 5.41) is 13.4. The van der Waals surface area contributed by atoms with E-state index in [1.165, 1.54) is 44.6 Å². The first kappa shape index (κ1) is 27.9. The van der Waals surface area contributed by atoms with Gasteiger partial charge in [0.15, 0.2) is 0 Å². The van der Waals surface area contributed by atoms with Crippen LogP contribution in [0.4, 0.5) is 0 Å². The van der Waals surface area contributed by atoms with Gasteiger partial charge in [-0.25, -0.2) is 0 Å². The number of hydrogen-bond donors (Lipinski definition) is 1. The van der Waals surface area contributed by atoms with Crippen LogP contribution in [0.25, 0.3) is 0 Å². The summed E-state index contributed by atoms with van der Waals surface area (Å²) in [5.74, 6) is -1.02. The summed E-state index contributed by atoms with van der Waals surface area (Å²) in [5.41, 5.74) is 0. The summed E-state index contributed by atoms with van der Waals surface area (Å²) in [6, 6.07) is 0.259. The first-order valence-electron chi connectivity index (χ1n) is 10.2. The first-order chi connectivity index (χ1) is 12.1. The molecule has 0 saturated carbocycles. The van der Waals surface area contributed by atoms with E-state index < -0.39 is 5.97 Å². The molecular formula is C21H38NNaO3. The van der Waals surface area contributed by atoms with E-state index in [0.29, 0.717) is 0 Å². The van der Waals surface area contributed by atoms with E-state index in [-0.39, 0.29) is 47.9 Å². The van der Waals surface area contributed by atoms with Crippen molar-refractivity contribution in [3.8, 4) is 0 Å². The van der Waals surface area contributed by atoms with E-state index >= 15 is 0 Å². The Balaban J connectivity index is 0. The van der Waals surface area contributed by atoms with E-state index in [1.807, 2.05) is 0 Å². The predicted molar refractivity (Wildman–Crippen MR) is 102 cm³/mol. The topological polar surface area (TPSA) is 69.2 Å². The molecule has 0 rings (SSSR count). The van der Waals surface area contributed by atoms with Crippen molar-refractivity contribution in [3.63, 3.8) is 0 Å². The summed E-state index contributed by atoms with van der Waals surface area (Å²) in [4.78, 5) is 21.9. The summed E-state index contributed by atoms with van der Waals surface area (Å²) >= 11 is 0. The number of nitrogens with one attached hydrogen (secondary N) is 1. The molecule has 0 aromatic heterocycles. The second-order valence-electron chi connectivity index (χ2n) is 7.00. The average Bonchev–Trinajstić information content (AvgIpc) is 2.59. The Bertz CT molecular complexity index is 361. The van der Waals surface area contributed by atoms with Crippen LogP contribution in [0, 0.1) is 0 Å². The molecule has 0 aliphatic rings. The smallest absolute Gasteiger partial charge is 0.550 e. The Morgan fingerprint density at radius 1 is 0.885 bits per heavy atom. The van der Waals surface area contributed by atoms with Gasteiger partial charge in [-0.3, -0.25) is 4.79 Å². The molecule has 0 spiro atoms. The molecule has 26 heavy (non-hydrogen) atoms. The fraction of sp³-hybridized carbons (Fsp3) is 0.810. The number of rotatable bonds is 18. The van der Waals surface area contributed by atoms with Crippen molar-refractivity contribution >= 4 is 11.9 Å². The van der Waals surface area contributed by atoms with Crippen LogP contribution < -0.4 is 40.0 Å². The third-order valence-electron chi connectivity index (χ3n) is 4.62.